The third-order valence-electron chi connectivity index (χ3n) is 3.19. The lowest BCUT2D eigenvalue weighted by Crippen LogP contribution is -2.32. The summed E-state index contributed by atoms with van der Waals surface area (Å²) in [5.74, 6) is 0.198. The van der Waals surface area contributed by atoms with Crippen molar-refractivity contribution in [2.24, 2.45) is 11.7 Å². The molecule has 1 saturated carbocycles. The molecule has 1 unspecified atom stereocenters. The lowest BCUT2D eigenvalue weighted by Gasteiger charge is -2.15. The van der Waals surface area contributed by atoms with E-state index >= 15 is 0 Å². The van der Waals surface area contributed by atoms with E-state index in [1.165, 1.54) is 18.9 Å². The van der Waals surface area contributed by atoms with Gasteiger partial charge in [-0.15, -0.1) is 12.4 Å². The van der Waals surface area contributed by atoms with E-state index in [2.05, 4.69) is 5.32 Å². The molecule has 1 atom stereocenters. The van der Waals surface area contributed by atoms with Crippen LogP contribution in [0.15, 0.2) is 18.2 Å². The van der Waals surface area contributed by atoms with Gasteiger partial charge >= 0.3 is 0 Å². The van der Waals surface area contributed by atoms with E-state index in [9.17, 15) is 9.18 Å². The zero-order valence-corrected chi connectivity index (χ0v) is 12.2. The number of carbonyl (C=O) groups excluding carboxylic acids is 1. The average Bonchev–Trinajstić information content (AvgIpc) is 3.21. The molecule has 112 valence electrons. The molecule has 0 aliphatic heterocycles. The van der Waals surface area contributed by atoms with Crippen molar-refractivity contribution in [1.82, 2.24) is 5.32 Å². The first-order chi connectivity index (χ1) is 9.10. The Bertz CT molecular complexity index is 466. The standard InChI is InChI=1S/C14H19FN2O2.ClH/c1-9(17-14(18)7-16)11-4-5-13(12(15)6-11)19-8-10-2-3-10;/h4-6,9-10H,2-3,7-8,16H2,1H3,(H,17,18);1H. The normalized spacial score (nSPS) is 15.2. The molecule has 0 aromatic heterocycles. The molecule has 3 N–H and O–H groups in total. The Balaban J connectivity index is 0.00000200. The number of halogens is 2. The first kappa shape index (κ1) is 16.7. The Hall–Kier alpha value is -1.33. The first-order valence-electron chi connectivity index (χ1n) is 6.52. The molecular weight excluding hydrogens is 283 g/mol. The summed E-state index contributed by atoms with van der Waals surface area (Å²) in [5.41, 5.74) is 5.91. The maximum Gasteiger partial charge on any atom is 0.234 e. The van der Waals surface area contributed by atoms with Crippen molar-refractivity contribution >= 4 is 18.3 Å². The zero-order valence-electron chi connectivity index (χ0n) is 11.4. The number of amides is 1. The average molecular weight is 303 g/mol. The molecule has 4 nitrogen and oxygen atoms in total. The molecule has 20 heavy (non-hydrogen) atoms. The van der Waals surface area contributed by atoms with Crippen molar-refractivity contribution in [3.05, 3.63) is 29.6 Å². The molecule has 1 amide bonds. The van der Waals surface area contributed by atoms with E-state index in [0.29, 0.717) is 18.1 Å². The molecule has 1 fully saturated rings. The van der Waals surface area contributed by atoms with Gasteiger partial charge in [0, 0.05) is 0 Å². The molecule has 2 rings (SSSR count). The molecule has 1 aliphatic rings. The summed E-state index contributed by atoms with van der Waals surface area (Å²) in [4.78, 5) is 11.2. The van der Waals surface area contributed by atoms with Crippen LogP contribution in [0.3, 0.4) is 0 Å². The monoisotopic (exact) mass is 302 g/mol. The summed E-state index contributed by atoms with van der Waals surface area (Å²) in [7, 11) is 0. The van der Waals surface area contributed by atoms with E-state index in [4.69, 9.17) is 10.5 Å². The summed E-state index contributed by atoms with van der Waals surface area (Å²) in [5, 5.41) is 2.68. The number of rotatable bonds is 6. The molecule has 0 spiro atoms. The second kappa shape index (κ2) is 7.45. The minimum absolute atomic E-state index is 0. The number of nitrogens with two attached hydrogens (primary N) is 1. The zero-order chi connectivity index (χ0) is 13.8. The van der Waals surface area contributed by atoms with Crippen molar-refractivity contribution in [1.29, 1.82) is 0 Å². The summed E-state index contributed by atoms with van der Waals surface area (Å²) in [6, 6.07) is 4.48. The van der Waals surface area contributed by atoms with Crippen LogP contribution in [0, 0.1) is 11.7 Å². The Labute approximate surface area is 124 Å². The van der Waals surface area contributed by atoms with E-state index < -0.39 is 5.82 Å². The number of ether oxygens (including phenoxy) is 1. The second-order valence-electron chi connectivity index (χ2n) is 4.94. The van der Waals surface area contributed by atoms with Crippen LogP contribution in [0.1, 0.15) is 31.4 Å². The van der Waals surface area contributed by atoms with Gasteiger partial charge in [-0.05, 0) is 43.4 Å². The molecule has 1 aliphatic carbocycles. The number of carbonyl (C=O) groups is 1. The third-order valence-corrected chi connectivity index (χ3v) is 3.19. The molecule has 0 saturated heterocycles. The fourth-order valence-corrected chi connectivity index (χ4v) is 1.78. The predicted molar refractivity (Wildman–Crippen MR) is 77.5 cm³/mol. The fourth-order valence-electron chi connectivity index (χ4n) is 1.78. The lowest BCUT2D eigenvalue weighted by atomic mass is 10.1. The lowest BCUT2D eigenvalue weighted by molar-refractivity contribution is -0.120. The van der Waals surface area contributed by atoms with Crippen LogP contribution < -0.4 is 15.8 Å². The topological polar surface area (TPSA) is 64.4 Å². The highest BCUT2D eigenvalue weighted by molar-refractivity contribution is 5.85. The van der Waals surface area contributed by atoms with Crippen LogP contribution in [0.2, 0.25) is 0 Å². The second-order valence-corrected chi connectivity index (χ2v) is 4.94. The molecule has 0 bridgehead atoms. The third kappa shape index (κ3) is 4.65. The molecular formula is C14H20ClFN2O2. The highest BCUT2D eigenvalue weighted by Gasteiger charge is 2.22. The van der Waals surface area contributed by atoms with Gasteiger partial charge in [0.1, 0.15) is 0 Å². The van der Waals surface area contributed by atoms with Gasteiger partial charge in [-0.1, -0.05) is 6.07 Å². The summed E-state index contributed by atoms with van der Waals surface area (Å²) in [6.07, 6.45) is 2.34. The number of benzene rings is 1. The Morgan fingerprint density at radius 2 is 2.25 bits per heavy atom. The Morgan fingerprint density at radius 3 is 2.80 bits per heavy atom. The van der Waals surface area contributed by atoms with E-state index in [1.54, 1.807) is 19.1 Å². The quantitative estimate of drug-likeness (QED) is 0.846. The van der Waals surface area contributed by atoms with Crippen molar-refractivity contribution in [3.63, 3.8) is 0 Å². The van der Waals surface area contributed by atoms with Crippen LogP contribution in [0.25, 0.3) is 0 Å². The summed E-state index contributed by atoms with van der Waals surface area (Å²) >= 11 is 0. The molecule has 0 radical (unpaired) electrons. The maximum absolute atomic E-state index is 13.8. The van der Waals surface area contributed by atoms with Gasteiger partial charge in [0.15, 0.2) is 11.6 Å². The van der Waals surface area contributed by atoms with Gasteiger partial charge in [-0.3, -0.25) is 4.79 Å². The van der Waals surface area contributed by atoms with Crippen LogP contribution in [0.4, 0.5) is 4.39 Å². The van der Waals surface area contributed by atoms with Crippen molar-refractivity contribution in [3.8, 4) is 5.75 Å². The highest BCUT2D eigenvalue weighted by atomic mass is 35.5. The van der Waals surface area contributed by atoms with Crippen molar-refractivity contribution in [2.75, 3.05) is 13.2 Å². The van der Waals surface area contributed by atoms with E-state index in [0.717, 1.165) is 0 Å². The Morgan fingerprint density at radius 1 is 1.55 bits per heavy atom. The van der Waals surface area contributed by atoms with Crippen molar-refractivity contribution in [2.45, 2.75) is 25.8 Å². The summed E-state index contributed by atoms with van der Waals surface area (Å²) in [6.45, 7) is 2.29. The highest BCUT2D eigenvalue weighted by Crippen LogP contribution is 2.30. The van der Waals surface area contributed by atoms with Gasteiger partial charge in [0.25, 0.3) is 0 Å². The number of hydrogen-bond donors (Lipinski definition) is 2. The van der Waals surface area contributed by atoms with Crippen LogP contribution in [-0.4, -0.2) is 19.1 Å². The minimum atomic E-state index is -0.396. The minimum Gasteiger partial charge on any atom is -0.490 e. The van der Waals surface area contributed by atoms with Crippen molar-refractivity contribution < 1.29 is 13.9 Å². The fraction of sp³-hybridized carbons (Fsp3) is 0.500. The molecule has 1 aromatic carbocycles. The largest absolute Gasteiger partial charge is 0.490 e. The maximum atomic E-state index is 13.8. The number of nitrogens with one attached hydrogen (secondary N) is 1. The van der Waals surface area contributed by atoms with Crippen LogP contribution in [-0.2, 0) is 4.79 Å². The van der Waals surface area contributed by atoms with Gasteiger partial charge in [-0.25, -0.2) is 4.39 Å². The summed E-state index contributed by atoms with van der Waals surface area (Å²) < 4.78 is 19.3. The smallest absolute Gasteiger partial charge is 0.234 e. The van der Waals surface area contributed by atoms with E-state index in [1.807, 2.05) is 0 Å². The predicted octanol–water partition coefficient (Wildman–Crippen LogP) is 2.17. The van der Waals surface area contributed by atoms with Gasteiger partial charge in [0.05, 0.1) is 19.2 Å². The van der Waals surface area contributed by atoms with Crippen LogP contribution >= 0.6 is 12.4 Å². The number of hydrogen-bond acceptors (Lipinski definition) is 3. The molecule has 0 heterocycles. The first-order valence-corrected chi connectivity index (χ1v) is 6.52. The van der Waals surface area contributed by atoms with Gasteiger partial charge < -0.3 is 15.8 Å². The van der Waals surface area contributed by atoms with Gasteiger partial charge in [0.2, 0.25) is 5.91 Å². The van der Waals surface area contributed by atoms with E-state index in [-0.39, 0.29) is 36.7 Å². The SMILES string of the molecule is CC(NC(=O)CN)c1ccc(OCC2CC2)c(F)c1.Cl. The van der Waals surface area contributed by atoms with Gasteiger partial charge in [-0.2, -0.15) is 0 Å². The molecule has 6 heteroatoms. The Kier molecular flexibility index (Phi) is 6.23. The van der Waals surface area contributed by atoms with Crippen LogP contribution in [0.5, 0.6) is 5.75 Å². The molecule has 1 aromatic rings.